The van der Waals surface area contributed by atoms with Crippen molar-refractivity contribution in [2.24, 2.45) is 0 Å². The number of nitrogens with zero attached hydrogens (tertiary/aromatic N) is 3. The molecule has 0 aliphatic rings. The van der Waals surface area contributed by atoms with Crippen molar-refractivity contribution >= 4 is 52.7 Å². The Kier molecular flexibility index (Phi) is 9.72. The number of urea groups is 1. The number of amides is 4. The van der Waals surface area contributed by atoms with Crippen LogP contribution in [-0.2, 0) is 9.59 Å². The fraction of sp³-hybridized carbons (Fsp3) is 0.615. The van der Waals surface area contributed by atoms with Gasteiger partial charge in [0, 0.05) is 32.3 Å². The number of thioether (sulfide) groups is 2. The van der Waals surface area contributed by atoms with E-state index in [1.54, 1.807) is 4.90 Å². The summed E-state index contributed by atoms with van der Waals surface area (Å²) in [5.74, 6) is 0.585. The minimum Gasteiger partial charge on any atom is -0.343 e. The van der Waals surface area contributed by atoms with Crippen LogP contribution >= 0.6 is 34.9 Å². The van der Waals surface area contributed by atoms with Crippen molar-refractivity contribution in [1.82, 2.24) is 25.7 Å². The number of rotatable bonds is 9. The number of hydrogen-bond donors (Lipinski definition) is 2. The molecular formula is C13H21N5O3S3. The molecule has 1 aromatic heterocycles. The zero-order valence-electron chi connectivity index (χ0n) is 13.8. The number of imide groups is 1. The van der Waals surface area contributed by atoms with Gasteiger partial charge in [-0.05, 0) is 13.8 Å². The van der Waals surface area contributed by atoms with Gasteiger partial charge in [-0.3, -0.25) is 14.9 Å². The Balaban J connectivity index is 2.32. The molecular weight excluding hydrogens is 370 g/mol. The maximum atomic E-state index is 11.9. The van der Waals surface area contributed by atoms with Crippen LogP contribution in [0.15, 0.2) is 8.68 Å². The van der Waals surface area contributed by atoms with E-state index in [9.17, 15) is 14.4 Å². The number of carbonyl (C=O) groups is 3. The lowest BCUT2D eigenvalue weighted by atomic mass is 10.4. The second kappa shape index (κ2) is 11.3. The lowest BCUT2D eigenvalue weighted by Crippen LogP contribution is -2.37. The van der Waals surface area contributed by atoms with Gasteiger partial charge in [0.2, 0.25) is 11.8 Å². The van der Waals surface area contributed by atoms with E-state index in [1.807, 2.05) is 13.8 Å². The van der Waals surface area contributed by atoms with Crippen LogP contribution in [0.5, 0.6) is 0 Å². The summed E-state index contributed by atoms with van der Waals surface area (Å²) in [4.78, 5) is 36.1. The average Bonchev–Trinajstić information content (AvgIpc) is 3.01. The Labute approximate surface area is 153 Å². The summed E-state index contributed by atoms with van der Waals surface area (Å²) >= 11 is 4.16. The predicted molar refractivity (Wildman–Crippen MR) is 96.5 cm³/mol. The Morgan fingerprint density at radius 3 is 2.33 bits per heavy atom. The largest absolute Gasteiger partial charge is 0.343 e. The van der Waals surface area contributed by atoms with Gasteiger partial charge >= 0.3 is 6.03 Å². The quantitative estimate of drug-likeness (QED) is 0.614. The minimum atomic E-state index is -0.516. The van der Waals surface area contributed by atoms with Gasteiger partial charge in [-0.1, -0.05) is 34.9 Å². The van der Waals surface area contributed by atoms with Gasteiger partial charge in [-0.2, -0.15) is 0 Å². The average molecular weight is 392 g/mol. The van der Waals surface area contributed by atoms with Crippen LogP contribution in [0.25, 0.3) is 0 Å². The monoisotopic (exact) mass is 391 g/mol. The van der Waals surface area contributed by atoms with Gasteiger partial charge in [0.1, 0.15) is 0 Å². The smallest absolute Gasteiger partial charge is 0.321 e. The summed E-state index contributed by atoms with van der Waals surface area (Å²) < 4.78 is 1.47. The zero-order chi connectivity index (χ0) is 17.9. The molecule has 24 heavy (non-hydrogen) atoms. The van der Waals surface area contributed by atoms with Crippen molar-refractivity contribution < 1.29 is 14.4 Å². The molecule has 1 heterocycles. The second-order valence-corrected chi connectivity index (χ2v) is 7.96. The van der Waals surface area contributed by atoms with E-state index in [4.69, 9.17) is 0 Å². The molecule has 0 saturated heterocycles. The van der Waals surface area contributed by atoms with Gasteiger partial charge in [0.05, 0.1) is 5.75 Å². The SMILES string of the molecule is CCN(CC)C(=O)CSc1nnc(SCCC(=O)NC(=O)NC)s1. The molecule has 0 atom stereocenters. The number of carbonyl (C=O) groups excluding carboxylic acids is 3. The number of hydrogen-bond acceptors (Lipinski definition) is 8. The van der Waals surface area contributed by atoms with Crippen molar-refractivity contribution in [3.8, 4) is 0 Å². The van der Waals surface area contributed by atoms with Gasteiger partial charge in [0.25, 0.3) is 0 Å². The second-order valence-electron chi connectivity index (χ2n) is 4.41. The van der Waals surface area contributed by atoms with Crippen LogP contribution in [-0.4, -0.2) is 64.6 Å². The highest BCUT2D eigenvalue weighted by Crippen LogP contribution is 2.29. The number of nitrogens with one attached hydrogen (secondary N) is 2. The topological polar surface area (TPSA) is 104 Å². The first-order valence-electron chi connectivity index (χ1n) is 7.38. The van der Waals surface area contributed by atoms with Crippen LogP contribution in [0.2, 0.25) is 0 Å². The van der Waals surface area contributed by atoms with Gasteiger partial charge in [-0.15, -0.1) is 10.2 Å². The van der Waals surface area contributed by atoms with Crippen molar-refractivity contribution in [1.29, 1.82) is 0 Å². The molecule has 0 spiro atoms. The molecule has 0 saturated carbocycles. The van der Waals surface area contributed by atoms with Gasteiger partial charge in [-0.25, -0.2) is 4.79 Å². The molecule has 0 aliphatic heterocycles. The van der Waals surface area contributed by atoms with Crippen LogP contribution in [0, 0.1) is 0 Å². The molecule has 1 aromatic rings. The summed E-state index contributed by atoms with van der Waals surface area (Å²) in [6.07, 6.45) is 0.209. The Morgan fingerprint density at radius 1 is 1.12 bits per heavy atom. The third-order valence-electron chi connectivity index (χ3n) is 2.86. The summed E-state index contributed by atoms with van der Waals surface area (Å²) in [5.41, 5.74) is 0. The third-order valence-corrected chi connectivity index (χ3v) is 6.03. The molecule has 0 fully saturated rings. The van der Waals surface area contributed by atoms with Crippen molar-refractivity contribution in [3.05, 3.63) is 0 Å². The lowest BCUT2D eigenvalue weighted by Gasteiger charge is -2.17. The first-order valence-corrected chi connectivity index (χ1v) is 10.2. The van der Waals surface area contributed by atoms with Gasteiger partial charge < -0.3 is 10.2 Å². The Bertz CT molecular complexity index is 563. The molecule has 0 aromatic carbocycles. The predicted octanol–water partition coefficient (Wildman–Crippen LogP) is 1.44. The van der Waals surface area contributed by atoms with Crippen LogP contribution < -0.4 is 10.6 Å². The van der Waals surface area contributed by atoms with E-state index in [1.165, 1.54) is 41.9 Å². The zero-order valence-corrected chi connectivity index (χ0v) is 16.3. The van der Waals surface area contributed by atoms with Crippen molar-refractivity contribution in [3.63, 3.8) is 0 Å². The molecule has 11 heteroatoms. The standard InChI is InChI=1S/C13H21N5O3S3/c1-4-18(5-2)10(20)8-23-13-17-16-12(24-13)22-7-6-9(19)15-11(21)14-3/h4-8H2,1-3H3,(H2,14,15,19,21). The molecule has 8 nitrogen and oxygen atoms in total. The van der Waals surface area contributed by atoms with Crippen LogP contribution in [0.3, 0.4) is 0 Å². The lowest BCUT2D eigenvalue weighted by molar-refractivity contribution is -0.128. The van der Waals surface area contributed by atoms with Gasteiger partial charge in [0.15, 0.2) is 8.68 Å². The van der Waals surface area contributed by atoms with E-state index >= 15 is 0 Å². The normalized spacial score (nSPS) is 10.3. The molecule has 2 N–H and O–H groups in total. The summed E-state index contributed by atoms with van der Waals surface area (Å²) in [5, 5.41) is 12.6. The van der Waals surface area contributed by atoms with E-state index in [0.717, 1.165) is 8.68 Å². The number of aromatic nitrogens is 2. The minimum absolute atomic E-state index is 0.0836. The van der Waals surface area contributed by atoms with E-state index < -0.39 is 6.03 Å². The summed E-state index contributed by atoms with van der Waals surface area (Å²) in [7, 11) is 1.45. The fourth-order valence-corrected chi connectivity index (χ4v) is 4.52. The Hall–Kier alpha value is -1.33. The molecule has 1 rings (SSSR count). The molecule has 0 bridgehead atoms. The summed E-state index contributed by atoms with van der Waals surface area (Å²) in [6, 6.07) is -0.516. The molecule has 4 amide bonds. The van der Waals surface area contributed by atoms with E-state index in [2.05, 4.69) is 20.8 Å². The fourth-order valence-electron chi connectivity index (χ4n) is 1.59. The highest BCUT2D eigenvalue weighted by atomic mass is 32.2. The highest BCUT2D eigenvalue weighted by molar-refractivity contribution is 8.03. The first-order chi connectivity index (χ1) is 11.5. The van der Waals surface area contributed by atoms with E-state index in [-0.39, 0.29) is 18.2 Å². The summed E-state index contributed by atoms with van der Waals surface area (Å²) in [6.45, 7) is 5.30. The molecule has 0 aliphatic carbocycles. The maximum Gasteiger partial charge on any atom is 0.321 e. The van der Waals surface area contributed by atoms with E-state index in [0.29, 0.717) is 24.6 Å². The van der Waals surface area contributed by atoms with Crippen LogP contribution in [0.1, 0.15) is 20.3 Å². The van der Waals surface area contributed by atoms with Crippen LogP contribution in [0.4, 0.5) is 4.79 Å². The molecule has 0 unspecified atom stereocenters. The third kappa shape index (κ3) is 7.49. The molecule has 134 valence electrons. The highest BCUT2D eigenvalue weighted by Gasteiger charge is 2.13. The first kappa shape index (κ1) is 20.7. The maximum absolute atomic E-state index is 11.9. The Morgan fingerprint density at radius 2 is 1.75 bits per heavy atom. The molecule has 0 radical (unpaired) electrons. The van der Waals surface area contributed by atoms with Crippen molar-refractivity contribution in [2.75, 3.05) is 31.6 Å². The van der Waals surface area contributed by atoms with Crippen molar-refractivity contribution in [2.45, 2.75) is 28.9 Å².